The smallest absolute Gasteiger partial charge is 0.231 e. The third-order valence-electron chi connectivity index (χ3n) is 5.47. The number of fused-ring (bicyclic) bond motifs is 1. The number of hydrogen-bond acceptors (Lipinski definition) is 7. The van der Waals surface area contributed by atoms with Gasteiger partial charge in [0.2, 0.25) is 6.79 Å². The first kappa shape index (κ1) is 19.1. The molecule has 0 amide bonds. The van der Waals surface area contributed by atoms with Crippen LogP contribution in [-0.4, -0.2) is 53.6 Å². The van der Waals surface area contributed by atoms with Crippen molar-refractivity contribution in [3.8, 4) is 17.2 Å². The van der Waals surface area contributed by atoms with E-state index in [2.05, 4.69) is 10.00 Å². The third kappa shape index (κ3) is 3.56. The Bertz CT molecular complexity index is 1020. The predicted octanol–water partition coefficient (Wildman–Crippen LogP) is 1.93. The summed E-state index contributed by atoms with van der Waals surface area (Å²) in [5, 5.41) is 14.9. The van der Waals surface area contributed by atoms with Crippen LogP contribution >= 0.6 is 0 Å². The van der Waals surface area contributed by atoms with E-state index in [4.69, 9.17) is 9.47 Å². The second kappa shape index (κ2) is 6.97. The minimum atomic E-state index is -2.96. The fraction of sp³-hybridized carbons (Fsp3) is 0.526. The number of sulfone groups is 1. The summed E-state index contributed by atoms with van der Waals surface area (Å²) in [6, 6.07) is 3.31. The molecule has 0 saturated carbocycles. The van der Waals surface area contributed by atoms with Gasteiger partial charge in [0.25, 0.3) is 0 Å². The summed E-state index contributed by atoms with van der Waals surface area (Å²) in [6.45, 7) is 5.29. The lowest BCUT2D eigenvalue weighted by molar-refractivity contribution is 0.174. The maximum absolute atomic E-state index is 11.8. The molecule has 9 heteroatoms. The van der Waals surface area contributed by atoms with Crippen molar-refractivity contribution in [3.63, 3.8) is 0 Å². The minimum absolute atomic E-state index is 0.0827. The monoisotopic (exact) mass is 407 g/mol. The molecule has 152 valence electrons. The first-order valence-corrected chi connectivity index (χ1v) is 11.1. The van der Waals surface area contributed by atoms with Gasteiger partial charge in [0.05, 0.1) is 23.2 Å². The summed E-state index contributed by atoms with van der Waals surface area (Å²) in [4.78, 5) is 2.09. The van der Waals surface area contributed by atoms with E-state index in [1.165, 1.54) is 0 Å². The standard InChI is InChI=1S/C19H25N3O5S/c1-12-16(13(2)22(20-12)15-4-5-28(24,25)10-15)9-21(3)8-14-6-18-19(7-17(14)23)27-11-26-18/h6-7,15,23H,4-5,8-11H2,1-3H3/t15-/m1/s1. The molecule has 2 aliphatic heterocycles. The molecule has 0 radical (unpaired) electrons. The Morgan fingerprint density at radius 1 is 1.25 bits per heavy atom. The van der Waals surface area contributed by atoms with Gasteiger partial charge in [-0.25, -0.2) is 8.42 Å². The summed E-state index contributed by atoms with van der Waals surface area (Å²) < 4.78 is 36.2. The first-order chi connectivity index (χ1) is 13.2. The van der Waals surface area contributed by atoms with Crippen LogP contribution in [0.3, 0.4) is 0 Å². The number of ether oxygens (including phenoxy) is 2. The summed E-state index contributed by atoms with van der Waals surface area (Å²) in [5.74, 6) is 1.77. The topological polar surface area (TPSA) is 93.9 Å². The molecule has 0 unspecified atom stereocenters. The molecule has 4 rings (SSSR count). The van der Waals surface area contributed by atoms with Crippen LogP contribution in [0.5, 0.6) is 17.2 Å². The van der Waals surface area contributed by atoms with Gasteiger partial charge in [0, 0.05) is 36.0 Å². The molecular formula is C19H25N3O5S. The number of hydrogen-bond donors (Lipinski definition) is 1. The summed E-state index contributed by atoms with van der Waals surface area (Å²) in [5.41, 5.74) is 3.76. The molecule has 1 aromatic carbocycles. The maximum atomic E-state index is 11.8. The van der Waals surface area contributed by atoms with Gasteiger partial charge in [-0.1, -0.05) is 0 Å². The van der Waals surface area contributed by atoms with Crippen LogP contribution in [0.15, 0.2) is 12.1 Å². The maximum Gasteiger partial charge on any atom is 0.231 e. The number of phenolic OH excluding ortho intramolecular Hbond substituents is 1. The van der Waals surface area contributed by atoms with Crippen LogP contribution < -0.4 is 9.47 Å². The van der Waals surface area contributed by atoms with E-state index >= 15 is 0 Å². The molecular weight excluding hydrogens is 382 g/mol. The van der Waals surface area contributed by atoms with Gasteiger partial charge in [0.15, 0.2) is 21.3 Å². The van der Waals surface area contributed by atoms with Gasteiger partial charge in [-0.2, -0.15) is 5.10 Å². The number of aryl methyl sites for hydroxylation is 1. The van der Waals surface area contributed by atoms with Crippen molar-refractivity contribution in [2.45, 2.75) is 39.4 Å². The Morgan fingerprint density at radius 2 is 1.96 bits per heavy atom. The largest absolute Gasteiger partial charge is 0.507 e. The van der Waals surface area contributed by atoms with Crippen LogP contribution in [0, 0.1) is 13.8 Å². The van der Waals surface area contributed by atoms with Gasteiger partial charge in [0.1, 0.15) is 5.75 Å². The van der Waals surface area contributed by atoms with Crippen molar-refractivity contribution in [2.24, 2.45) is 0 Å². The Morgan fingerprint density at radius 3 is 2.64 bits per heavy atom. The molecule has 28 heavy (non-hydrogen) atoms. The molecule has 1 atom stereocenters. The Labute approximate surface area is 164 Å². The van der Waals surface area contributed by atoms with Crippen LogP contribution in [-0.2, 0) is 22.9 Å². The van der Waals surface area contributed by atoms with Gasteiger partial charge in [-0.05, 0) is 33.4 Å². The normalized spacial score (nSPS) is 20.2. The zero-order chi connectivity index (χ0) is 20.1. The van der Waals surface area contributed by atoms with E-state index in [9.17, 15) is 13.5 Å². The lowest BCUT2D eigenvalue weighted by atomic mass is 10.1. The summed E-state index contributed by atoms with van der Waals surface area (Å²) in [7, 11) is -0.986. The summed E-state index contributed by atoms with van der Waals surface area (Å²) in [6.07, 6.45) is 0.616. The highest BCUT2D eigenvalue weighted by molar-refractivity contribution is 7.91. The molecule has 3 heterocycles. The predicted molar refractivity (Wildman–Crippen MR) is 103 cm³/mol. The molecule has 8 nitrogen and oxygen atoms in total. The van der Waals surface area contributed by atoms with Crippen molar-refractivity contribution in [2.75, 3.05) is 25.3 Å². The van der Waals surface area contributed by atoms with E-state index in [1.807, 2.05) is 25.6 Å². The second-order valence-corrected chi connectivity index (χ2v) is 9.89. The van der Waals surface area contributed by atoms with Crippen molar-refractivity contribution < 1.29 is 23.0 Å². The number of rotatable bonds is 5. The Balaban J connectivity index is 1.50. The van der Waals surface area contributed by atoms with E-state index < -0.39 is 9.84 Å². The average molecular weight is 407 g/mol. The fourth-order valence-electron chi connectivity index (χ4n) is 3.97. The quantitative estimate of drug-likeness (QED) is 0.809. The molecule has 1 N–H and O–H groups in total. The van der Waals surface area contributed by atoms with Crippen molar-refractivity contribution in [1.29, 1.82) is 0 Å². The molecule has 0 spiro atoms. The van der Waals surface area contributed by atoms with E-state index in [0.717, 1.165) is 22.5 Å². The molecule has 2 aromatic rings. The van der Waals surface area contributed by atoms with E-state index in [-0.39, 0.29) is 30.1 Å². The molecule has 0 aliphatic carbocycles. The molecule has 0 bridgehead atoms. The zero-order valence-electron chi connectivity index (χ0n) is 16.3. The molecule has 1 saturated heterocycles. The second-order valence-electron chi connectivity index (χ2n) is 7.66. The lowest BCUT2D eigenvalue weighted by Crippen LogP contribution is -2.19. The number of nitrogens with zero attached hydrogens (tertiary/aromatic N) is 3. The number of phenols is 1. The van der Waals surface area contributed by atoms with Gasteiger partial charge < -0.3 is 14.6 Å². The third-order valence-corrected chi connectivity index (χ3v) is 7.22. The average Bonchev–Trinajstić information content (AvgIpc) is 3.28. The van der Waals surface area contributed by atoms with Crippen molar-refractivity contribution in [1.82, 2.24) is 14.7 Å². The SMILES string of the molecule is Cc1nn([C@@H]2CCS(=O)(=O)C2)c(C)c1CN(C)Cc1cc2c(cc1O)OCO2. The Hall–Kier alpha value is -2.26. The Kier molecular flexibility index (Phi) is 4.75. The van der Waals surface area contributed by atoms with Gasteiger partial charge >= 0.3 is 0 Å². The highest BCUT2D eigenvalue weighted by Crippen LogP contribution is 2.38. The fourth-order valence-corrected chi connectivity index (χ4v) is 5.66. The molecule has 2 aliphatic rings. The first-order valence-electron chi connectivity index (χ1n) is 9.28. The van der Waals surface area contributed by atoms with Gasteiger partial charge in [-0.3, -0.25) is 9.58 Å². The van der Waals surface area contributed by atoms with Crippen molar-refractivity contribution >= 4 is 9.84 Å². The minimum Gasteiger partial charge on any atom is -0.507 e. The van der Waals surface area contributed by atoms with Crippen LogP contribution in [0.4, 0.5) is 0 Å². The van der Waals surface area contributed by atoms with Gasteiger partial charge in [-0.15, -0.1) is 0 Å². The number of benzene rings is 1. The molecule has 1 fully saturated rings. The highest BCUT2D eigenvalue weighted by atomic mass is 32.2. The van der Waals surface area contributed by atoms with E-state index in [0.29, 0.717) is 31.0 Å². The van der Waals surface area contributed by atoms with Crippen LogP contribution in [0.2, 0.25) is 0 Å². The van der Waals surface area contributed by atoms with Crippen LogP contribution in [0.25, 0.3) is 0 Å². The lowest BCUT2D eigenvalue weighted by Gasteiger charge is -2.18. The number of aromatic nitrogens is 2. The van der Waals surface area contributed by atoms with E-state index in [1.54, 1.807) is 12.1 Å². The zero-order valence-corrected chi connectivity index (χ0v) is 17.1. The van der Waals surface area contributed by atoms with Crippen LogP contribution in [0.1, 0.15) is 35.0 Å². The highest BCUT2D eigenvalue weighted by Gasteiger charge is 2.31. The number of aromatic hydroxyl groups is 1. The molecule has 1 aromatic heterocycles. The van der Waals surface area contributed by atoms with Crippen molar-refractivity contribution in [3.05, 3.63) is 34.6 Å². The summed E-state index contributed by atoms with van der Waals surface area (Å²) >= 11 is 0.